The van der Waals surface area contributed by atoms with E-state index in [1.165, 1.54) is 0 Å². The second-order valence-corrected chi connectivity index (χ2v) is 4.84. The van der Waals surface area contributed by atoms with Gasteiger partial charge in [-0.1, -0.05) is 12.2 Å². The van der Waals surface area contributed by atoms with Gasteiger partial charge in [0.2, 0.25) is 0 Å². The summed E-state index contributed by atoms with van der Waals surface area (Å²) in [7, 11) is 3.88. The lowest BCUT2D eigenvalue weighted by atomic mass is 10.1. The average molecular weight is 225 g/mol. The van der Waals surface area contributed by atoms with Crippen molar-refractivity contribution in [2.45, 2.75) is 18.9 Å². The van der Waals surface area contributed by atoms with E-state index in [0.29, 0.717) is 18.4 Å². The summed E-state index contributed by atoms with van der Waals surface area (Å²) in [6, 6.07) is 0. The van der Waals surface area contributed by atoms with E-state index in [9.17, 15) is 4.79 Å². The molecule has 2 rings (SSSR count). The van der Waals surface area contributed by atoms with Crippen molar-refractivity contribution in [2.75, 3.05) is 27.2 Å². The molecule has 0 aliphatic heterocycles. The number of likely N-dealkylation sites (N-methyl/N-ethyl adjacent to an activating group) is 1. The van der Waals surface area contributed by atoms with Crippen molar-refractivity contribution in [1.82, 2.24) is 4.90 Å². The van der Waals surface area contributed by atoms with E-state index >= 15 is 0 Å². The maximum atomic E-state index is 11.4. The lowest BCUT2D eigenvalue weighted by Crippen LogP contribution is -2.25. The van der Waals surface area contributed by atoms with Crippen LogP contribution in [0, 0.1) is 11.8 Å². The zero-order chi connectivity index (χ0) is 11.5. The molecule has 90 valence electrons. The van der Waals surface area contributed by atoms with Crippen molar-refractivity contribution in [3.05, 3.63) is 12.2 Å². The molecular formula is C12H19NO3. The monoisotopic (exact) mass is 225 g/mol. The Bertz CT molecular complexity index is 288. The molecule has 16 heavy (non-hydrogen) atoms. The normalized spacial score (nSPS) is 31.1. The third kappa shape index (κ3) is 2.76. The van der Waals surface area contributed by atoms with Crippen LogP contribution in [0.25, 0.3) is 0 Å². The van der Waals surface area contributed by atoms with Crippen LogP contribution in [0.15, 0.2) is 12.2 Å². The fourth-order valence-corrected chi connectivity index (χ4v) is 2.33. The highest BCUT2D eigenvalue weighted by atomic mass is 16.7. The Morgan fingerprint density at radius 1 is 1.38 bits per heavy atom. The first kappa shape index (κ1) is 11.5. The molecule has 0 aromatic heterocycles. The Labute approximate surface area is 96.2 Å². The first-order valence-corrected chi connectivity index (χ1v) is 5.81. The lowest BCUT2D eigenvalue weighted by molar-refractivity contribution is 0.0129. The van der Waals surface area contributed by atoms with Gasteiger partial charge in [-0.05, 0) is 32.9 Å². The predicted octanol–water partition coefficient (Wildman–Crippen LogP) is 1.67. The number of carbonyl (C=O) groups is 1. The molecule has 2 aliphatic carbocycles. The summed E-state index contributed by atoms with van der Waals surface area (Å²) < 4.78 is 10.3. The van der Waals surface area contributed by atoms with Crippen LogP contribution in [0.3, 0.4) is 0 Å². The Morgan fingerprint density at radius 3 is 2.75 bits per heavy atom. The van der Waals surface area contributed by atoms with Gasteiger partial charge in [-0.15, -0.1) is 0 Å². The van der Waals surface area contributed by atoms with Crippen LogP contribution in [0.5, 0.6) is 0 Å². The van der Waals surface area contributed by atoms with Gasteiger partial charge in [-0.25, -0.2) is 4.79 Å². The number of rotatable bonds is 4. The number of allylic oxidation sites excluding steroid dienone is 1. The van der Waals surface area contributed by atoms with E-state index in [-0.39, 0.29) is 6.10 Å². The van der Waals surface area contributed by atoms with E-state index in [4.69, 9.17) is 9.47 Å². The summed E-state index contributed by atoms with van der Waals surface area (Å²) in [4.78, 5) is 13.3. The fourth-order valence-electron chi connectivity index (χ4n) is 2.33. The minimum Gasteiger partial charge on any atom is -0.433 e. The number of hydrogen-bond donors (Lipinski definition) is 0. The molecule has 0 aromatic carbocycles. The van der Waals surface area contributed by atoms with E-state index in [2.05, 4.69) is 12.2 Å². The second kappa shape index (κ2) is 4.87. The average Bonchev–Trinajstić information content (AvgIpc) is 2.78. The number of carbonyl (C=O) groups excluding carboxylic acids is 1. The van der Waals surface area contributed by atoms with Gasteiger partial charge in [0, 0.05) is 12.5 Å². The number of fused-ring (bicyclic) bond motifs is 2. The molecule has 0 aromatic rings. The van der Waals surface area contributed by atoms with Gasteiger partial charge in [0.15, 0.2) is 0 Å². The second-order valence-electron chi connectivity index (χ2n) is 4.84. The van der Waals surface area contributed by atoms with Crippen LogP contribution in [0.2, 0.25) is 0 Å². The molecule has 0 N–H and O–H groups in total. The SMILES string of the molecule is CN(C)CCOC(=O)OC1CC2C=CC1C2. The van der Waals surface area contributed by atoms with E-state index in [1.54, 1.807) is 0 Å². The maximum Gasteiger partial charge on any atom is 0.508 e. The summed E-state index contributed by atoms with van der Waals surface area (Å²) in [6.07, 6.45) is 6.00. The Morgan fingerprint density at radius 2 is 2.19 bits per heavy atom. The van der Waals surface area contributed by atoms with Gasteiger partial charge in [0.1, 0.15) is 12.7 Å². The summed E-state index contributed by atoms with van der Waals surface area (Å²) >= 11 is 0. The molecule has 0 radical (unpaired) electrons. The summed E-state index contributed by atoms with van der Waals surface area (Å²) in [5.41, 5.74) is 0. The van der Waals surface area contributed by atoms with Crippen molar-refractivity contribution >= 4 is 6.16 Å². The van der Waals surface area contributed by atoms with Gasteiger partial charge >= 0.3 is 6.16 Å². The van der Waals surface area contributed by atoms with Gasteiger partial charge in [0.25, 0.3) is 0 Å². The first-order valence-electron chi connectivity index (χ1n) is 5.81. The molecule has 2 bridgehead atoms. The molecule has 3 atom stereocenters. The largest absolute Gasteiger partial charge is 0.508 e. The topological polar surface area (TPSA) is 38.8 Å². The van der Waals surface area contributed by atoms with Crippen LogP contribution in [0.1, 0.15) is 12.8 Å². The smallest absolute Gasteiger partial charge is 0.433 e. The maximum absolute atomic E-state index is 11.4. The molecule has 1 saturated carbocycles. The minimum absolute atomic E-state index is 0.0434. The van der Waals surface area contributed by atoms with Crippen LogP contribution in [-0.4, -0.2) is 44.4 Å². The molecule has 2 aliphatic rings. The Kier molecular flexibility index (Phi) is 3.49. The highest BCUT2D eigenvalue weighted by Crippen LogP contribution is 2.40. The van der Waals surface area contributed by atoms with Crippen molar-refractivity contribution in [2.24, 2.45) is 11.8 Å². The molecule has 0 saturated heterocycles. The van der Waals surface area contributed by atoms with E-state index in [0.717, 1.165) is 19.4 Å². The third-order valence-corrected chi connectivity index (χ3v) is 3.22. The number of nitrogens with zero attached hydrogens (tertiary/aromatic N) is 1. The Balaban J connectivity index is 1.66. The zero-order valence-corrected chi connectivity index (χ0v) is 9.89. The van der Waals surface area contributed by atoms with Crippen molar-refractivity contribution in [3.63, 3.8) is 0 Å². The van der Waals surface area contributed by atoms with Crippen LogP contribution in [-0.2, 0) is 9.47 Å². The standard InChI is InChI=1S/C12H19NO3/c1-13(2)5-6-15-12(14)16-11-8-9-3-4-10(11)7-9/h3-4,9-11H,5-8H2,1-2H3. The number of ether oxygens (including phenoxy) is 2. The molecule has 4 heteroatoms. The Hall–Kier alpha value is -1.03. The lowest BCUT2D eigenvalue weighted by Gasteiger charge is -2.18. The molecular weight excluding hydrogens is 206 g/mol. The highest BCUT2D eigenvalue weighted by molar-refractivity contribution is 5.60. The summed E-state index contributed by atoms with van der Waals surface area (Å²) in [5.74, 6) is 1.04. The predicted molar refractivity (Wildman–Crippen MR) is 60.1 cm³/mol. The highest BCUT2D eigenvalue weighted by Gasteiger charge is 2.38. The van der Waals surface area contributed by atoms with Gasteiger partial charge in [0.05, 0.1) is 0 Å². The molecule has 0 heterocycles. The molecule has 0 spiro atoms. The summed E-state index contributed by atoms with van der Waals surface area (Å²) in [6.45, 7) is 1.12. The van der Waals surface area contributed by atoms with Crippen LogP contribution in [0.4, 0.5) is 4.79 Å². The van der Waals surface area contributed by atoms with Crippen molar-refractivity contribution in [1.29, 1.82) is 0 Å². The molecule has 1 fully saturated rings. The van der Waals surface area contributed by atoms with Crippen molar-refractivity contribution in [3.8, 4) is 0 Å². The minimum atomic E-state index is -0.521. The van der Waals surface area contributed by atoms with Gasteiger partial charge in [-0.3, -0.25) is 0 Å². The van der Waals surface area contributed by atoms with Crippen LogP contribution >= 0.6 is 0 Å². The van der Waals surface area contributed by atoms with E-state index in [1.807, 2.05) is 19.0 Å². The van der Waals surface area contributed by atoms with Gasteiger partial charge in [-0.2, -0.15) is 0 Å². The molecule has 3 unspecified atom stereocenters. The molecule has 4 nitrogen and oxygen atoms in total. The van der Waals surface area contributed by atoms with E-state index < -0.39 is 6.16 Å². The molecule has 0 amide bonds. The van der Waals surface area contributed by atoms with Crippen LogP contribution < -0.4 is 0 Å². The third-order valence-electron chi connectivity index (χ3n) is 3.22. The first-order chi connectivity index (χ1) is 7.65. The van der Waals surface area contributed by atoms with Crippen molar-refractivity contribution < 1.29 is 14.3 Å². The fraction of sp³-hybridized carbons (Fsp3) is 0.750. The quantitative estimate of drug-likeness (QED) is 0.539. The number of hydrogen-bond acceptors (Lipinski definition) is 4. The van der Waals surface area contributed by atoms with Gasteiger partial charge < -0.3 is 14.4 Å². The zero-order valence-electron chi connectivity index (χ0n) is 9.89. The summed E-state index contributed by atoms with van der Waals surface area (Å²) in [5, 5.41) is 0.